The molecule has 17 heavy (non-hydrogen) atoms. The van der Waals surface area contributed by atoms with Crippen LogP contribution in [0.3, 0.4) is 0 Å². The Labute approximate surface area is 85.4 Å². The molecular weight excluding hydrogens is 282 g/mol. The van der Waals surface area contributed by atoms with Crippen LogP contribution in [0.25, 0.3) is 0 Å². The average molecular weight is 284 g/mol. The van der Waals surface area contributed by atoms with E-state index in [0.717, 1.165) is 0 Å². The molecule has 104 valence electrons. The minimum Gasteiger partial charge on any atom is -0.331 e. The molecule has 0 saturated carbocycles. The molecule has 0 fully saturated rings. The van der Waals surface area contributed by atoms with Crippen LogP contribution < -0.4 is 0 Å². The second-order valence-electron chi connectivity index (χ2n) is 2.81. The number of hydrogen-bond acceptors (Lipinski definition) is 2. The molecule has 0 aliphatic carbocycles. The van der Waals surface area contributed by atoms with Crippen LogP contribution in [0.15, 0.2) is 0 Å². The zero-order valence-electron chi connectivity index (χ0n) is 7.17. The maximum atomic E-state index is 12.2. The highest BCUT2D eigenvalue weighted by molar-refractivity contribution is 5.03. The van der Waals surface area contributed by atoms with Crippen LogP contribution in [0.1, 0.15) is 0 Å². The zero-order valence-corrected chi connectivity index (χ0v) is 7.17. The quantitative estimate of drug-likeness (QED) is 0.776. The molecule has 0 unspecified atom stereocenters. The first-order valence-electron chi connectivity index (χ1n) is 3.34. The topological polar surface area (TPSA) is 40.5 Å². The van der Waals surface area contributed by atoms with Crippen LogP contribution in [0.5, 0.6) is 0 Å². The number of halogens is 10. The van der Waals surface area contributed by atoms with Crippen molar-refractivity contribution in [2.75, 3.05) is 0 Å². The van der Waals surface area contributed by atoms with Crippen LogP contribution in [0.4, 0.5) is 43.9 Å². The van der Waals surface area contributed by atoms with E-state index in [4.69, 9.17) is 10.2 Å². The van der Waals surface area contributed by atoms with Crippen molar-refractivity contribution in [2.45, 2.75) is 30.0 Å². The van der Waals surface area contributed by atoms with Crippen molar-refractivity contribution < 1.29 is 54.1 Å². The summed E-state index contributed by atoms with van der Waals surface area (Å²) in [5.74, 6) is -21.9. The molecule has 0 radical (unpaired) electrons. The third-order valence-electron chi connectivity index (χ3n) is 1.54. The largest absolute Gasteiger partial charge is 0.423 e. The minimum absolute atomic E-state index is 6.70. The van der Waals surface area contributed by atoms with Gasteiger partial charge in [0.1, 0.15) is 0 Å². The standard InChI is InChI=1S/C5H2F10O2/c6-1(7,2(8,9)4(12,13)16)3(10,11)5(14,15)17/h16-17H. The lowest BCUT2D eigenvalue weighted by Gasteiger charge is -2.35. The Morgan fingerprint density at radius 2 is 0.588 bits per heavy atom. The van der Waals surface area contributed by atoms with Gasteiger partial charge in [-0.25, -0.2) is 0 Å². The fraction of sp³-hybridized carbons (Fsp3) is 1.00. The van der Waals surface area contributed by atoms with Gasteiger partial charge in [-0.1, -0.05) is 0 Å². The Morgan fingerprint density at radius 3 is 0.706 bits per heavy atom. The molecule has 0 rings (SSSR count). The molecule has 0 aromatic heterocycles. The number of alkyl halides is 10. The van der Waals surface area contributed by atoms with Gasteiger partial charge in [0.2, 0.25) is 0 Å². The first-order chi connectivity index (χ1) is 7.00. The average Bonchev–Trinajstić information content (AvgIpc) is 1.98. The first-order valence-corrected chi connectivity index (χ1v) is 3.34. The zero-order chi connectivity index (χ0) is 14.5. The molecule has 0 bridgehead atoms. The fourth-order valence-electron chi connectivity index (χ4n) is 0.575. The summed E-state index contributed by atoms with van der Waals surface area (Å²) in [5, 5.41) is 14.6. The Bertz CT molecular complexity index is 258. The number of rotatable bonds is 4. The van der Waals surface area contributed by atoms with E-state index in [1.807, 2.05) is 0 Å². The number of aliphatic hydroxyl groups is 2. The molecule has 12 heteroatoms. The molecule has 0 aromatic carbocycles. The third kappa shape index (κ3) is 2.14. The highest BCUT2D eigenvalue weighted by atomic mass is 19.4. The smallest absolute Gasteiger partial charge is 0.331 e. The van der Waals surface area contributed by atoms with Crippen molar-refractivity contribution in [2.24, 2.45) is 0 Å². The highest BCUT2D eigenvalue weighted by Gasteiger charge is 2.86. The van der Waals surface area contributed by atoms with E-state index >= 15 is 0 Å². The van der Waals surface area contributed by atoms with E-state index in [0.29, 0.717) is 0 Å². The van der Waals surface area contributed by atoms with Crippen molar-refractivity contribution in [1.29, 1.82) is 0 Å². The molecule has 0 aliphatic rings. The predicted octanol–water partition coefficient (Wildman–Crippen LogP) is 2.06. The molecule has 0 atom stereocenters. The van der Waals surface area contributed by atoms with E-state index in [9.17, 15) is 43.9 Å². The molecule has 0 amide bonds. The summed E-state index contributed by atoms with van der Waals surface area (Å²) >= 11 is 0. The summed E-state index contributed by atoms with van der Waals surface area (Å²) in [4.78, 5) is 0. The summed E-state index contributed by atoms with van der Waals surface area (Å²) in [7, 11) is 0. The van der Waals surface area contributed by atoms with E-state index in [2.05, 4.69) is 0 Å². The molecule has 0 aromatic rings. The van der Waals surface area contributed by atoms with Gasteiger partial charge < -0.3 is 10.2 Å². The normalized spacial score (nSPS) is 16.2. The molecule has 0 spiro atoms. The third-order valence-corrected chi connectivity index (χ3v) is 1.54. The van der Waals surface area contributed by atoms with Crippen LogP contribution in [0, 0.1) is 0 Å². The maximum Gasteiger partial charge on any atom is 0.423 e. The van der Waals surface area contributed by atoms with Gasteiger partial charge in [-0.05, 0) is 0 Å². The molecule has 2 nitrogen and oxygen atoms in total. The SMILES string of the molecule is OC(F)(F)C(F)(F)C(F)(F)C(F)(F)C(O)(F)F. The summed E-state index contributed by atoms with van der Waals surface area (Å²) in [5.41, 5.74) is 0. The maximum absolute atomic E-state index is 12.2. The van der Waals surface area contributed by atoms with Crippen molar-refractivity contribution in [3.63, 3.8) is 0 Å². The van der Waals surface area contributed by atoms with Gasteiger partial charge in [0.25, 0.3) is 0 Å². The second kappa shape index (κ2) is 3.60. The van der Waals surface area contributed by atoms with Crippen molar-refractivity contribution in [3.05, 3.63) is 0 Å². The van der Waals surface area contributed by atoms with E-state index in [1.165, 1.54) is 0 Å². The summed E-state index contributed by atoms with van der Waals surface area (Å²) < 4.78 is 119. The molecule has 2 N–H and O–H groups in total. The fourth-order valence-corrected chi connectivity index (χ4v) is 0.575. The van der Waals surface area contributed by atoms with Gasteiger partial charge in [0.15, 0.2) is 0 Å². The van der Waals surface area contributed by atoms with Crippen LogP contribution in [0.2, 0.25) is 0 Å². The lowest BCUT2D eigenvalue weighted by Crippen LogP contribution is -2.67. The Balaban J connectivity index is 5.73. The monoisotopic (exact) mass is 284 g/mol. The lowest BCUT2D eigenvalue weighted by atomic mass is 10.0. The van der Waals surface area contributed by atoms with E-state index in [1.54, 1.807) is 0 Å². The van der Waals surface area contributed by atoms with Gasteiger partial charge >= 0.3 is 30.0 Å². The Kier molecular flexibility index (Phi) is 3.44. The van der Waals surface area contributed by atoms with Crippen LogP contribution in [-0.2, 0) is 0 Å². The van der Waals surface area contributed by atoms with Gasteiger partial charge in [-0.2, -0.15) is 43.9 Å². The van der Waals surface area contributed by atoms with Gasteiger partial charge in [-0.3, -0.25) is 0 Å². The molecule has 0 heterocycles. The van der Waals surface area contributed by atoms with Crippen LogP contribution >= 0.6 is 0 Å². The Morgan fingerprint density at radius 1 is 0.412 bits per heavy atom. The minimum atomic E-state index is -7.41. The summed E-state index contributed by atoms with van der Waals surface area (Å²) in [6.07, 6.45) is -13.4. The van der Waals surface area contributed by atoms with Gasteiger partial charge in [0, 0.05) is 0 Å². The molecular formula is C5H2F10O2. The lowest BCUT2D eigenvalue weighted by molar-refractivity contribution is -0.460. The Hall–Kier alpha value is -0.780. The van der Waals surface area contributed by atoms with Crippen molar-refractivity contribution in [3.8, 4) is 0 Å². The summed E-state index contributed by atoms with van der Waals surface area (Å²) in [6.45, 7) is 0. The van der Waals surface area contributed by atoms with Crippen molar-refractivity contribution in [1.82, 2.24) is 0 Å². The highest BCUT2D eigenvalue weighted by Crippen LogP contribution is 2.55. The first kappa shape index (κ1) is 16.2. The van der Waals surface area contributed by atoms with Crippen molar-refractivity contribution >= 4 is 0 Å². The van der Waals surface area contributed by atoms with E-state index < -0.39 is 30.0 Å². The van der Waals surface area contributed by atoms with Crippen LogP contribution in [-0.4, -0.2) is 40.2 Å². The number of hydrogen-bond donors (Lipinski definition) is 2. The predicted molar refractivity (Wildman–Crippen MR) is 29.2 cm³/mol. The molecule has 0 saturated heterocycles. The summed E-state index contributed by atoms with van der Waals surface area (Å²) in [6, 6.07) is 0. The van der Waals surface area contributed by atoms with Gasteiger partial charge in [0.05, 0.1) is 0 Å². The van der Waals surface area contributed by atoms with E-state index in [-0.39, 0.29) is 0 Å². The second-order valence-corrected chi connectivity index (χ2v) is 2.81. The molecule has 0 aliphatic heterocycles. The van der Waals surface area contributed by atoms with Gasteiger partial charge in [-0.15, -0.1) is 0 Å².